The van der Waals surface area contributed by atoms with Crippen molar-refractivity contribution in [3.8, 4) is 22.4 Å². The molecule has 0 radical (unpaired) electrons. The van der Waals surface area contributed by atoms with Gasteiger partial charge in [0, 0.05) is 24.7 Å². The molecule has 1 atom stereocenters. The van der Waals surface area contributed by atoms with Crippen molar-refractivity contribution in [2.75, 3.05) is 0 Å². The monoisotopic (exact) mass is 434 g/mol. The van der Waals surface area contributed by atoms with Crippen molar-refractivity contribution in [3.63, 3.8) is 0 Å². The van der Waals surface area contributed by atoms with Crippen LogP contribution in [0.25, 0.3) is 22.4 Å². The summed E-state index contributed by atoms with van der Waals surface area (Å²) in [6.45, 7) is 1.51. The number of nitrogens with zero attached hydrogens (tertiary/aromatic N) is 4. The molecule has 0 aliphatic rings. The highest BCUT2D eigenvalue weighted by atomic mass is 15.3. The van der Waals surface area contributed by atoms with E-state index in [0.717, 1.165) is 29.8 Å². The lowest BCUT2D eigenvalue weighted by Crippen LogP contribution is -2.22. The maximum absolute atomic E-state index is 4.33. The Morgan fingerprint density at radius 3 is 2.24 bits per heavy atom. The number of benzene rings is 3. The second kappa shape index (κ2) is 10.1. The fourth-order valence-corrected chi connectivity index (χ4v) is 4.07. The third-order valence-electron chi connectivity index (χ3n) is 5.85. The molecule has 1 unspecified atom stereocenters. The van der Waals surface area contributed by atoms with Crippen molar-refractivity contribution in [2.45, 2.75) is 25.6 Å². The van der Waals surface area contributed by atoms with Gasteiger partial charge in [-0.15, -0.1) is 0 Å². The molecule has 33 heavy (non-hydrogen) atoms. The van der Waals surface area contributed by atoms with Gasteiger partial charge < -0.3 is 5.32 Å². The fourth-order valence-electron chi connectivity index (χ4n) is 4.07. The maximum Gasteiger partial charge on any atom is 0.137 e. The summed E-state index contributed by atoms with van der Waals surface area (Å²) in [5, 5.41) is 15.5. The first-order valence-electron chi connectivity index (χ1n) is 11.2. The Morgan fingerprint density at radius 1 is 0.818 bits per heavy atom. The summed E-state index contributed by atoms with van der Waals surface area (Å²) < 4.78 is 1.87. The van der Waals surface area contributed by atoms with Crippen LogP contribution in [0.4, 0.5) is 0 Å². The van der Waals surface area contributed by atoms with Gasteiger partial charge in [-0.2, -0.15) is 10.2 Å². The molecule has 6 nitrogen and oxygen atoms in total. The molecule has 6 heteroatoms. The van der Waals surface area contributed by atoms with Crippen LogP contribution in [-0.2, 0) is 13.1 Å². The number of aromatic nitrogens is 5. The first-order valence-corrected chi connectivity index (χ1v) is 11.2. The fraction of sp³-hybridized carbons (Fsp3) is 0.148. The van der Waals surface area contributed by atoms with E-state index in [9.17, 15) is 0 Å². The van der Waals surface area contributed by atoms with E-state index in [2.05, 4.69) is 98.4 Å². The van der Waals surface area contributed by atoms with Crippen molar-refractivity contribution >= 4 is 0 Å². The number of hydrogen-bond acceptors (Lipinski definition) is 4. The molecular formula is C27H26N6. The molecule has 5 aromatic rings. The zero-order chi connectivity index (χ0) is 22.3. The minimum atomic E-state index is 0.193. The van der Waals surface area contributed by atoms with E-state index in [1.165, 1.54) is 16.7 Å². The van der Waals surface area contributed by atoms with Gasteiger partial charge in [-0.05, 0) is 28.7 Å². The van der Waals surface area contributed by atoms with E-state index >= 15 is 0 Å². The van der Waals surface area contributed by atoms with Gasteiger partial charge in [0.2, 0.25) is 0 Å². The number of aryl methyl sites for hydroxylation is 1. The van der Waals surface area contributed by atoms with Gasteiger partial charge in [0.05, 0.1) is 11.9 Å². The van der Waals surface area contributed by atoms with Crippen molar-refractivity contribution in [1.82, 2.24) is 30.3 Å². The van der Waals surface area contributed by atoms with E-state index in [0.29, 0.717) is 6.54 Å². The lowest BCUT2D eigenvalue weighted by atomic mass is 10.0. The van der Waals surface area contributed by atoms with Gasteiger partial charge in [0.15, 0.2) is 0 Å². The predicted octanol–water partition coefficient (Wildman–Crippen LogP) is 5.26. The Balaban J connectivity index is 1.30. The maximum atomic E-state index is 4.33. The van der Waals surface area contributed by atoms with Gasteiger partial charge in [-0.1, -0.05) is 84.9 Å². The number of aromatic amines is 1. The smallest absolute Gasteiger partial charge is 0.137 e. The molecule has 0 aliphatic heterocycles. The number of rotatable bonds is 9. The highest BCUT2D eigenvalue weighted by molar-refractivity contribution is 5.69. The summed E-state index contributed by atoms with van der Waals surface area (Å²) in [6, 6.07) is 29.8. The van der Waals surface area contributed by atoms with Crippen LogP contribution >= 0.6 is 0 Å². The summed E-state index contributed by atoms with van der Waals surface area (Å²) in [6.07, 6.45) is 6.15. The normalized spacial score (nSPS) is 12.0. The highest BCUT2D eigenvalue weighted by Gasteiger charge is 2.14. The first-order chi connectivity index (χ1) is 16.4. The molecule has 3 aromatic carbocycles. The van der Waals surface area contributed by atoms with E-state index in [4.69, 9.17) is 0 Å². The standard InChI is InChI=1S/C27H26N6/c1-3-7-21(8-4-1)22-11-13-24(14-12-22)27-25(18-30-32-27)17-29-26(23-9-5-2-6-10-23)15-16-33-20-28-19-31-33/h1-14,18-20,26,29H,15-17H2,(H,30,32). The van der Waals surface area contributed by atoms with Gasteiger partial charge in [-0.25, -0.2) is 4.98 Å². The molecule has 0 saturated carbocycles. The third-order valence-corrected chi connectivity index (χ3v) is 5.85. The van der Waals surface area contributed by atoms with Crippen LogP contribution in [0, 0.1) is 0 Å². The zero-order valence-electron chi connectivity index (χ0n) is 18.3. The lowest BCUT2D eigenvalue weighted by Gasteiger charge is -2.19. The second-order valence-electron chi connectivity index (χ2n) is 8.01. The summed E-state index contributed by atoms with van der Waals surface area (Å²) in [5.74, 6) is 0. The van der Waals surface area contributed by atoms with Gasteiger partial charge >= 0.3 is 0 Å². The summed E-state index contributed by atoms with van der Waals surface area (Å²) in [4.78, 5) is 4.05. The van der Waals surface area contributed by atoms with Crippen LogP contribution < -0.4 is 5.32 Å². The average molecular weight is 435 g/mol. The minimum absolute atomic E-state index is 0.193. The van der Waals surface area contributed by atoms with Gasteiger partial charge in [0.25, 0.3) is 0 Å². The molecular weight excluding hydrogens is 408 g/mol. The van der Waals surface area contributed by atoms with Crippen molar-refractivity contribution in [1.29, 1.82) is 0 Å². The summed E-state index contributed by atoms with van der Waals surface area (Å²) >= 11 is 0. The third kappa shape index (κ3) is 5.07. The molecule has 2 aromatic heterocycles. The SMILES string of the molecule is c1ccc(-c2ccc(-c3[nH]ncc3CNC(CCn3cncn3)c3ccccc3)cc2)cc1. The quantitative estimate of drug-likeness (QED) is 0.332. The molecule has 0 fully saturated rings. The Labute approximate surface area is 193 Å². The molecule has 0 aliphatic carbocycles. The van der Waals surface area contributed by atoms with Gasteiger partial charge in [-0.3, -0.25) is 9.78 Å². The number of hydrogen-bond donors (Lipinski definition) is 2. The molecule has 5 rings (SSSR count). The molecule has 0 spiro atoms. The zero-order valence-corrected chi connectivity index (χ0v) is 18.3. The Hall–Kier alpha value is -4.03. The Morgan fingerprint density at radius 2 is 1.52 bits per heavy atom. The predicted molar refractivity (Wildman–Crippen MR) is 130 cm³/mol. The molecule has 164 valence electrons. The van der Waals surface area contributed by atoms with Crippen molar-refractivity contribution in [2.24, 2.45) is 0 Å². The first kappa shape index (κ1) is 20.8. The highest BCUT2D eigenvalue weighted by Crippen LogP contribution is 2.26. The topological polar surface area (TPSA) is 71.4 Å². The van der Waals surface area contributed by atoms with Crippen LogP contribution in [0.1, 0.15) is 23.6 Å². The minimum Gasteiger partial charge on any atom is -0.306 e. The summed E-state index contributed by atoms with van der Waals surface area (Å²) in [5.41, 5.74) is 7.00. The largest absolute Gasteiger partial charge is 0.306 e. The van der Waals surface area contributed by atoms with Crippen LogP contribution in [0.2, 0.25) is 0 Å². The molecule has 0 bridgehead atoms. The molecule has 0 saturated heterocycles. The van der Waals surface area contributed by atoms with Crippen LogP contribution in [0.5, 0.6) is 0 Å². The van der Waals surface area contributed by atoms with Crippen molar-refractivity contribution < 1.29 is 0 Å². The molecule has 0 amide bonds. The molecule has 2 heterocycles. The van der Waals surface area contributed by atoms with Crippen molar-refractivity contribution in [3.05, 3.63) is 115 Å². The van der Waals surface area contributed by atoms with E-state index in [-0.39, 0.29) is 6.04 Å². The van der Waals surface area contributed by atoms with Gasteiger partial charge in [0.1, 0.15) is 12.7 Å². The van der Waals surface area contributed by atoms with E-state index < -0.39 is 0 Å². The Bertz CT molecular complexity index is 1250. The lowest BCUT2D eigenvalue weighted by molar-refractivity contribution is 0.445. The number of nitrogens with one attached hydrogen (secondary N) is 2. The van der Waals surface area contributed by atoms with Crippen LogP contribution in [0.15, 0.2) is 104 Å². The van der Waals surface area contributed by atoms with Crippen LogP contribution in [-0.4, -0.2) is 25.0 Å². The van der Waals surface area contributed by atoms with Crippen LogP contribution in [0.3, 0.4) is 0 Å². The number of H-pyrrole nitrogens is 1. The average Bonchev–Trinajstić information content (AvgIpc) is 3.58. The Kier molecular flexibility index (Phi) is 6.36. The van der Waals surface area contributed by atoms with E-state index in [1.807, 2.05) is 23.0 Å². The second-order valence-corrected chi connectivity index (χ2v) is 8.01. The molecule has 2 N–H and O–H groups in total. The summed E-state index contributed by atoms with van der Waals surface area (Å²) in [7, 11) is 0. The van der Waals surface area contributed by atoms with E-state index in [1.54, 1.807) is 12.7 Å².